The molecule has 1 aromatic heterocycles. The Balaban J connectivity index is 1.92. The number of rotatable bonds is 3. The third-order valence-corrected chi connectivity index (χ3v) is 5.34. The lowest BCUT2D eigenvalue weighted by Gasteiger charge is -2.05. The topological polar surface area (TPSA) is 24.9 Å². The van der Waals surface area contributed by atoms with Crippen LogP contribution in [0.2, 0.25) is 10.0 Å². The zero-order chi connectivity index (χ0) is 15.7. The molecule has 0 aliphatic heterocycles. The zero-order valence-corrected chi connectivity index (χ0v) is 15.4. The number of hydrogen-bond donors (Lipinski definition) is 1. The predicted octanol–water partition coefficient (Wildman–Crippen LogP) is 6.93. The summed E-state index contributed by atoms with van der Waals surface area (Å²) in [5.41, 5.74) is 2.81. The number of anilines is 2. The first kappa shape index (κ1) is 15.8. The molecule has 0 spiro atoms. The largest absolute Gasteiger partial charge is 0.330 e. The fourth-order valence-electron chi connectivity index (χ4n) is 2.04. The SMILES string of the molecule is Cc1sc(Nc2cccc(Cl)c2Cl)nc1-c1ccc(Br)cc1. The molecule has 0 saturated heterocycles. The Bertz CT molecular complexity index is 816. The Morgan fingerprint density at radius 2 is 1.82 bits per heavy atom. The second-order valence-electron chi connectivity index (χ2n) is 4.66. The molecular weight excluding hydrogens is 403 g/mol. The molecular formula is C16H11BrCl2N2S. The van der Waals surface area contributed by atoms with Crippen molar-refractivity contribution < 1.29 is 0 Å². The molecule has 0 fully saturated rings. The molecule has 0 atom stereocenters. The van der Waals surface area contributed by atoms with Gasteiger partial charge in [0.25, 0.3) is 0 Å². The van der Waals surface area contributed by atoms with Crippen LogP contribution in [0.25, 0.3) is 11.3 Å². The second-order valence-corrected chi connectivity index (χ2v) is 7.56. The zero-order valence-electron chi connectivity index (χ0n) is 11.5. The first-order valence-corrected chi connectivity index (χ1v) is 8.85. The summed E-state index contributed by atoms with van der Waals surface area (Å²) in [5.74, 6) is 0. The van der Waals surface area contributed by atoms with Gasteiger partial charge in [0, 0.05) is 14.9 Å². The van der Waals surface area contributed by atoms with Crippen LogP contribution in [-0.2, 0) is 0 Å². The lowest BCUT2D eigenvalue weighted by molar-refractivity contribution is 1.36. The van der Waals surface area contributed by atoms with E-state index in [9.17, 15) is 0 Å². The van der Waals surface area contributed by atoms with Gasteiger partial charge in [0.15, 0.2) is 5.13 Å². The molecule has 22 heavy (non-hydrogen) atoms. The number of aryl methyl sites for hydroxylation is 1. The normalized spacial score (nSPS) is 10.7. The van der Waals surface area contributed by atoms with Crippen LogP contribution in [0.15, 0.2) is 46.9 Å². The molecule has 3 aromatic rings. The molecule has 0 amide bonds. The van der Waals surface area contributed by atoms with Gasteiger partial charge >= 0.3 is 0 Å². The number of nitrogens with zero attached hydrogens (tertiary/aromatic N) is 1. The van der Waals surface area contributed by atoms with Gasteiger partial charge in [0.05, 0.1) is 21.4 Å². The lowest BCUT2D eigenvalue weighted by atomic mass is 10.1. The highest BCUT2D eigenvalue weighted by atomic mass is 79.9. The minimum Gasteiger partial charge on any atom is -0.330 e. The fraction of sp³-hybridized carbons (Fsp3) is 0.0625. The van der Waals surface area contributed by atoms with Crippen LogP contribution in [0, 0.1) is 6.92 Å². The van der Waals surface area contributed by atoms with Gasteiger partial charge in [-0.3, -0.25) is 0 Å². The van der Waals surface area contributed by atoms with Gasteiger partial charge in [-0.05, 0) is 31.2 Å². The average Bonchev–Trinajstić information content (AvgIpc) is 2.85. The van der Waals surface area contributed by atoms with Crippen molar-refractivity contribution in [2.24, 2.45) is 0 Å². The lowest BCUT2D eigenvalue weighted by Crippen LogP contribution is -1.91. The van der Waals surface area contributed by atoms with Crippen LogP contribution in [0.4, 0.5) is 10.8 Å². The van der Waals surface area contributed by atoms with Gasteiger partial charge in [0.1, 0.15) is 0 Å². The third kappa shape index (κ3) is 3.30. The summed E-state index contributed by atoms with van der Waals surface area (Å²) in [6.45, 7) is 2.06. The Morgan fingerprint density at radius 1 is 1.09 bits per heavy atom. The Hall–Kier alpha value is -1.07. The van der Waals surface area contributed by atoms with Gasteiger partial charge in [-0.2, -0.15) is 0 Å². The van der Waals surface area contributed by atoms with E-state index in [0.717, 1.165) is 31.4 Å². The molecule has 112 valence electrons. The summed E-state index contributed by atoms with van der Waals surface area (Å²) in [7, 11) is 0. The number of thiazole rings is 1. The van der Waals surface area contributed by atoms with Crippen molar-refractivity contribution in [2.45, 2.75) is 6.92 Å². The molecule has 0 saturated carbocycles. The molecule has 0 unspecified atom stereocenters. The van der Waals surface area contributed by atoms with Gasteiger partial charge in [0.2, 0.25) is 0 Å². The maximum atomic E-state index is 6.20. The summed E-state index contributed by atoms with van der Waals surface area (Å²) >= 11 is 17.3. The van der Waals surface area contributed by atoms with E-state index in [0.29, 0.717) is 10.0 Å². The minimum absolute atomic E-state index is 0.502. The summed E-state index contributed by atoms with van der Waals surface area (Å²) < 4.78 is 1.05. The molecule has 0 bridgehead atoms. The molecule has 3 rings (SSSR count). The second kappa shape index (κ2) is 6.59. The van der Waals surface area contributed by atoms with Crippen molar-refractivity contribution in [3.8, 4) is 11.3 Å². The number of benzene rings is 2. The molecule has 0 aliphatic carbocycles. The first-order valence-electron chi connectivity index (χ1n) is 6.49. The maximum absolute atomic E-state index is 6.20. The summed E-state index contributed by atoms with van der Waals surface area (Å²) in [4.78, 5) is 5.81. The molecule has 2 aromatic carbocycles. The van der Waals surface area contributed by atoms with Gasteiger partial charge in [-0.25, -0.2) is 4.98 Å². The minimum atomic E-state index is 0.502. The average molecular weight is 414 g/mol. The van der Waals surface area contributed by atoms with Crippen molar-refractivity contribution in [1.29, 1.82) is 0 Å². The molecule has 0 radical (unpaired) electrons. The van der Waals surface area contributed by atoms with Crippen LogP contribution in [0.5, 0.6) is 0 Å². The van der Waals surface area contributed by atoms with Crippen LogP contribution in [0.1, 0.15) is 4.88 Å². The van der Waals surface area contributed by atoms with E-state index in [1.165, 1.54) is 0 Å². The number of hydrogen-bond acceptors (Lipinski definition) is 3. The number of halogens is 3. The van der Waals surface area contributed by atoms with Crippen molar-refractivity contribution in [1.82, 2.24) is 4.98 Å². The summed E-state index contributed by atoms with van der Waals surface area (Å²) in [5, 5.41) is 5.05. The van der Waals surface area contributed by atoms with Crippen molar-refractivity contribution in [3.05, 3.63) is 61.9 Å². The van der Waals surface area contributed by atoms with Crippen LogP contribution < -0.4 is 5.32 Å². The highest BCUT2D eigenvalue weighted by Gasteiger charge is 2.12. The van der Waals surface area contributed by atoms with Gasteiger partial charge in [-0.1, -0.05) is 57.3 Å². The molecule has 0 aliphatic rings. The standard InChI is InChI=1S/C16H11BrCl2N2S/c1-9-15(10-5-7-11(17)8-6-10)21-16(22-9)20-13-4-2-3-12(18)14(13)19/h2-8H,1H3,(H,20,21). The summed E-state index contributed by atoms with van der Waals surface area (Å²) in [6, 6.07) is 13.6. The van der Waals surface area contributed by atoms with E-state index in [2.05, 4.69) is 33.2 Å². The Kier molecular flexibility index (Phi) is 4.73. The van der Waals surface area contributed by atoms with Crippen LogP contribution in [-0.4, -0.2) is 4.98 Å². The third-order valence-electron chi connectivity index (χ3n) is 3.11. The van der Waals surface area contributed by atoms with E-state index >= 15 is 0 Å². The predicted molar refractivity (Wildman–Crippen MR) is 99.7 cm³/mol. The molecule has 1 heterocycles. The van der Waals surface area contributed by atoms with Crippen molar-refractivity contribution in [3.63, 3.8) is 0 Å². The highest BCUT2D eigenvalue weighted by Crippen LogP contribution is 2.36. The maximum Gasteiger partial charge on any atom is 0.188 e. The Labute approximate surface area is 151 Å². The number of aromatic nitrogens is 1. The van der Waals surface area contributed by atoms with E-state index in [1.54, 1.807) is 17.4 Å². The van der Waals surface area contributed by atoms with E-state index in [1.807, 2.05) is 36.4 Å². The van der Waals surface area contributed by atoms with Crippen molar-refractivity contribution in [2.75, 3.05) is 5.32 Å². The molecule has 2 nitrogen and oxygen atoms in total. The van der Waals surface area contributed by atoms with Crippen molar-refractivity contribution >= 4 is 61.3 Å². The van der Waals surface area contributed by atoms with Crippen LogP contribution >= 0.6 is 50.5 Å². The highest BCUT2D eigenvalue weighted by molar-refractivity contribution is 9.10. The van der Waals surface area contributed by atoms with E-state index in [-0.39, 0.29) is 0 Å². The molecule has 1 N–H and O–H groups in total. The van der Waals surface area contributed by atoms with Gasteiger partial charge < -0.3 is 5.32 Å². The Morgan fingerprint density at radius 3 is 2.55 bits per heavy atom. The quantitative estimate of drug-likeness (QED) is 0.503. The van der Waals surface area contributed by atoms with E-state index < -0.39 is 0 Å². The monoisotopic (exact) mass is 412 g/mol. The molecule has 6 heteroatoms. The van der Waals surface area contributed by atoms with Crippen LogP contribution in [0.3, 0.4) is 0 Å². The van der Waals surface area contributed by atoms with Gasteiger partial charge in [-0.15, -0.1) is 11.3 Å². The smallest absolute Gasteiger partial charge is 0.188 e. The van der Waals surface area contributed by atoms with E-state index in [4.69, 9.17) is 23.2 Å². The summed E-state index contributed by atoms with van der Waals surface area (Å²) in [6.07, 6.45) is 0. The first-order chi connectivity index (χ1) is 10.5. The number of nitrogens with one attached hydrogen (secondary N) is 1. The fourth-order valence-corrected chi connectivity index (χ4v) is 3.50.